The van der Waals surface area contributed by atoms with Crippen LogP contribution in [0.15, 0.2) is 42.5 Å². The van der Waals surface area contributed by atoms with Crippen molar-refractivity contribution in [2.75, 3.05) is 12.4 Å². The molecule has 0 aliphatic carbocycles. The second-order valence-electron chi connectivity index (χ2n) is 7.21. The summed E-state index contributed by atoms with van der Waals surface area (Å²) >= 11 is 0. The van der Waals surface area contributed by atoms with Crippen molar-refractivity contribution in [3.63, 3.8) is 0 Å². The van der Waals surface area contributed by atoms with E-state index < -0.39 is 29.6 Å². The highest BCUT2D eigenvalue weighted by molar-refractivity contribution is 6.00. The zero-order valence-corrected chi connectivity index (χ0v) is 16.9. The lowest BCUT2D eigenvalue weighted by molar-refractivity contribution is -0.148. The topological polar surface area (TPSA) is 94.6 Å². The largest absolute Gasteiger partial charge is 0.465 e. The van der Waals surface area contributed by atoms with Gasteiger partial charge in [-0.2, -0.15) is 0 Å². The molecule has 2 aromatic carbocycles. The van der Waals surface area contributed by atoms with Gasteiger partial charge in [0.05, 0.1) is 29.8 Å². The van der Waals surface area contributed by atoms with Crippen molar-refractivity contribution in [2.45, 2.75) is 25.9 Å². The van der Waals surface area contributed by atoms with E-state index in [0.717, 1.165) is 11.5 Å². The molecule has 0 fully saturated rings. The monoisotopic (exact) mass is 422 g/mol. The summed E-state index contributed by atoms with van der Waals surface area (Å²) in [5, 5.41) is 3.35. The van der Waals surface area contributed by atoms with Gasteiger partial charge in [-0.05, 0) is 36.2 Å². The number of halogens is 1. The maximum Gasteiger partial charge on any atom is 0.340 e. The van der Waals surface area contributed by atoms with E-state index >= 15 is 0 Å². The van der Waals surface area contributed by atoms with Crippen LogP contribution in [-0.2, 0) is 25.7 Å². The number of fused-ring (bicyclic) bond motifs is 2. The van der Waals surface area contributed by atoms with Gasteiger partial charge >= 0.3 is 11.9 Å². The Morgan fingerprint density at radius 1 is 1.23 bits per heavy atom. The van der Waals surface area contributed by atoms with Crippen molar-refractivity contribution < 1.29 is 28.2 Å². The van der Waals surface area contributed by atoms with Crippen LogP contribution in [0.4, 0.5) is 10.1 Å². The average Bonchev–Trinajstić information content (AvgIpc) is 2.76. The molecule has 0 bridgehead atoms. The van der Waals surface area contributed by atoms with E-state index in [-0.39, 0.29) is 30.0 Å². The minimum atomic E-state index is -0.882. The smallest absolute Gasteiger partial charge is 0.340 e. The van der Waals surface area contributed by atoms with Crippen molar-refractivity contribution in [1.82, 2.24) is 4.98 Å². The van der Waals surface area contributed by atoms with Crippen molar-refractivity contribution in [2.24, 2.45) is 0 Å². The van der Waals surface area contributed by atoms with Crippen LogP contribution in [0, 0.1) is 12.7 Å². The first kappa shape index (κ1) is 20.5. The number of hydrogen-bond donors (Lipinski definition) is 1. The zero-order chi connectivity index (χ0) is 22.1. The molecule has 1 aliphatic heterocycles. The van der Waals surface area contributed by atoms with E-state index in [1.165, 1.54) is 19.2 Å². The molecular formula is C23H19FN2O5. The molecule has 8 heteroatoms. The van der Waals surface area contributed by atoms with E-state index in [9.17, 15) is 18.8 Å². The maximum atomic E-state index is 13.5. The quantitative estimate of drug-likeness (QED) is 0.645. The number of methoxy groups -OCH3 is 1. The summed E-state index contributed by atoms with van der Waals surface area (Å²) in [5.41, 5.74) is 2.53. The Kier molecular flexibility index (Phi) is 5.37. The number of aryl methyl sites for hydroxylation is 1. The summed E-state index contributed by atoms with van der Waals surface area (Å²) in [6.07, 6.45) is -0.120. The average molecular weight is 422 g/mol. The van der Waals surface area contributed by atoms with Crippen LogP contribution < -0.4 is 5.32 Å². The predicted octanol–water partition coefficient (Wildman–Crippen LogP) is 3.64. The fraction of sp³-hybridized carbons (Fsp3) is 0.217. The number of nitrogens with zero attached hydrogens (tertiary/aromatic N) is 1. The van der Waals surface area contributed by atoms with Crippen LogP contribution in [0.1, 0.15) is 39.5 Å². The lowest BCUT2D eigenvalue weighted by Gasteiger charge is -2.24. The Bertz CT molecular complexity index is 1220. The summed E-state index contributed by atoms with van der Waals surface area (Å²) in [6.45, 7) is 1.50. The molecule has 4 rings (SSSR count). The number of benzene rings is 2. The number of pyridine rings is 1. The van der Waals surface area contributed by atoms with Crippen LogP contribution in [0.5, 0.6) is 0 Å². The molecule has 31 heavy (non-hydrogen) atoms. The first-order valence-electron chi connectivity index (χ1n) is 9.61. The summed E-state index contributed by atoms with van der Waals surface area (Å²) in [4.78, 5) is 41.7. The second-order valence-corrected chi connectivity index (χ2v) is 7.21. The molecule has 0 saturated carbocycles. The number of ether oxygens (including phenoxy) is 2. The normalized spacial score (nSPS) is 15.2. The Hall–Kier alpha value is -3.81. The van der Waals surface area contributed by atoms with Crippen LogP contribution in [0.2, 0.25) is 0 Å². The van der Waals surface area contributed by atoms with Crippen LogP contribution in [-0.4, -0.2) is 29.9 Å². The lowest BCUT2D eigenvalue weighted by atomic mass is 9.90. The van der Waals surface area contributed by atoms with Crippen molar-refractivity contribution >= 4 is 34.4 Å². The standard InChI is InChI=1S/C23H19FN2O5/c1-12-14-5-3-4-6-17(14)25-19(21(12)23(29)30-2)11-31-22(28)16-10-20(27)26-18-9-13(24)7-8-15(16)18/h3-9,16H,10-11H2,1-2H3,(H,26,27). The lowest BCUT2D eigenvalue weighted by Crippen LogP contribution is -2.28. The minimum Gasteiger partial charge on any atom is -0.465 e. The molecule has 1 atom stereocenters. The fourth-order valence-electron chi connectivity index (χ4n) is 3.81. The second kappa shape index (κ2) is 8.14. The molecular weight excluding hydrogens is 403 g/mol. The number of carbonyl (C=O) groups is 3. The number of anilines is 1. The van der Waals surface area contributed by atoms with Crippen molar-refractivity contribution in [3.8, 4) is 0 Å². The van der Waals surface area contributed by atoms with Gasteiger partial charge in [0.1, 0.15) is 12.4 Å². The minimum absolute atomic E-state index is 0.120. The molecule has 1 unspecified atom stereocenters. The Balaban J connectivity index is 1.65. The summed E-state index contributed by atoms with van der Waals surface area (Å²) in [5.74, 6) is -3.06. The number of nitrogens with one attached hydrogen (secondary N) is 1. The van der Waals surface area contributed by atoms with Crippen LogP contribution in [0.3, 0.4) is 0 Å². The number of para-hydroxylation sites is 1. The SMILES string of the molecule is COC(=O)c1c(COC(=O)C2CC(=O)Nc3cc(F)ccc32)nc2ccccc2c1C. The number of carbonyl (C=O) groups excluding carboxylic acids is 3. The van der Waals surface area contributed by atoms with Gasteiger partial charge in [-0.1, -0.05) is 24.3 Å². The third-order valence-corrected chi connectivity index (χ3v) is 5.31. The van der Waals surface area contributed by atoms with E-state index in [1.54, 1.807) is 13.0 Å². The molecule has 0 saturated heterocycles. The van der Waals surface area contributed by atoms with E-state index in [1.807, 2.05) is 18.2 Å². The predicted molar refractivity (Wildman–Crippen MR) is 110 cm³/mol. The van der Waals surface area contributed by atoms with Gasteiger partial charge in [0, 0.05) is 17.5 Å². The Labute approximate surface area is 177 Å². The Morgan fingerprint density at radius 3 is 2.77 bits per heavy atom. The molecule has 3 aromatic rings. The van der Waals surface area contributed by atoms with Gasteiger partial charge < -0.3 is 14.8 Å². The highest BCUT2D eigenvalue weighted by atomic mass is 19.1. The van der Waals surface area contributed by atoms with Gasteiger partial charge in [-0.25, -0.2) is 14.2 Å². The number of amides is 1. The van der Waals surface area contributed by atoms with Gasteiger partial charge in [0.2, 0.25) is 5.91 Å². The molecule has 2 heterocycles. The molecule has 0 spiro atoms. The van der Waals surface area contributed by atoms with E-state index in [2.05, 4.69) is 10.3 Å². The maximum absolute atomic E-state index is 13.5. The number of esters is 2. The van der Waals surface area contributed by atoms with Crippen molar-refractivity contribution in [3.05, 3.63) is 70.7 Å². The molecule has 1 aromatic heterocycles. The van der Waals surface area contributed by atoms with Gasteiger partial charge in [-0.3, -0.25) is 9.59 Å². The zero-order valence-electron chi connectivity index (χ0n) is 16.9. The molecule has 1 amide bonds. The summed E-state index contributed by atoms with van der Waals surface area (Å²) in [6, 6.07) is 11.1. The molecule has 1 N–H and O–H groups in total. The van der Waals surface area contributed by atoms with E-state index in [4.69, 9.17) is 9.47 Å². The highest BCUT2D eigenvalue weighted by Crippen LogP contribution is 2.34. The van der Waals surface area contributed by atoms with Crippen LogP contribution >= 0.6 is 0 Å². The molecule has 7 nitrogen and oxygen atoms in total. The number of rotatable bonds is 4. The van der Waals surface area contributed by atoms with E-state index in [0.29, 0.717) is 16.6 Å². The number of aromatic nitrogens is 1. The van der Waals surface area contributed by atoms with Crippen LogP contribution in [0.25, 0.3) is 10.9 Å². The van der Waals surface area contributed by atoms with Gasteiger partial charge in [0.15, 0.2) is 0 Å². The molecule has 1 aliphatic rings. The first-order valence-corrected chi connectivity index (χ1v) is 9.61. The third kappa shape index (κ3) is 3.84. The number of hydrogen-bond acceptors (Lipinski definition) is 6. The summed E-state index contributed by atoms with van der Waals surface area (Å²) < 4.78 is 23.9. The van der Waals surface area contributed by atoms with Gasteiger partial charge in [0.25, 0.3) is 0 Å². The fourth-order valence-corrected chi connectivity index (χ4v) is 3.81. The third-order valence-electron chi connectivity index (χ3n) is 5.31. The molecule has 0 radical (unpaired) electrons. The van der Waals surface area contributed by atoms with Gasteiger partial charge in [-0.15, -0.1) is 0 Å². The van der Waals surface area contributed by atoms with Crippen molar-refractivity contribution in [1.29, 1.82) is 0 Å². The summed E-state index contributed by atoms with van der Waals surface area (Å²) in [7, 11) is 1.27. The highest BCUT2D eigenvalue weighted by Gasteiger charge is 2.32. The first-order chi connectivity index (χ1) is 14.9. The Morgan fingerprint density at radius 2 is 2.00 bits per heavy atom. The molecule has 158 valence electrons.